The third kappa shape index (κ3) is 3.15. The van der Waals surface area contributed by atoms with Gasteiger partial charge in [-0.3, -0.25) is 0 Å². The van der Waals surface area contributed by atoms with E-state index >= 15 is 0 Å². The van der Waals surface area contributed by atoms with Crippen LogP contribution >= 0.6 is 43.5 Å². The van der Waals surface area contributed by atoms with Crippen LogP contribution < -0.4 is 4.74 Å². The summed E-state index contributed by atoms with van der Waals surface area (Å²) in [5.41, 5.74) is 0.371. The van der Waals surface area contributed by atoms with Crippen molar-refractivity contribution in [1.82, 2.24) is 0 Å². The highest BCUT2D eigenvalue weighted by atomic mass is 79.9. The molecule has 106 valence electrons. The third-order valence-electron chi connectivity index (χ3n) is 2.77. The molecular formula is C14H9Br2ClF2O. The first-order valence-electron chi connectivity index (χ1n) is 5.56. The number of rotatable bonds is 3. The molecule has 0 aliphatic carbocycles. The van der Waals surface area contributed by atoms with E-state index in [1.165, 1.54) is 7.11 Å². The van der Waals surface area contributed by atoms with E-state index in [0.717, 1.165) is 16.6 Å². The van der Waals surface area contributed by atoms with Crippen LogP contribution in [0.1, 0.15) is 16.5 Å². The fraction of sp³-hybridized carbons (Fsp3) is 0.143. The molecule has 1 atom stereocenters. The van der Waals surface area contributed by atoms with E-state index in [1.807, 2.05) is 0 Å². The van der Waals surface area contributed by atoms with Gasteiger partial charge in [-0.15, -0.1) is 11.6 Å². The van der Waals surface area contributed by atoms with E-state index in [9.17, 15) is 8.78 Å². The number of alkyl halides is 1. The van der Waals surface area contributed by atoms with Crippen LogP contribution in [0.25, 0.3) is 0 Å². The van der Waals surface area contributed by atoms with Gasteiger partial charge in [0.15, 0.2) is 0 Å². The van der Waals surface area contributed by atoms with Crippen LogP contribution in [0.2, 0.25) is 0 Å². The second-order valence-electron chi connectivity index (χ2n) is 4.03. The smallest absolute Gasteiger partial charge is 0.134 e. The summed E-state index contributed by atoms with van der Waals surface area (Å²) in [7, 11) is 1.34. The van der Waals surface area contributed by atoms with Crippen molar-refractivity contribution in [2.45, 2.75) is 5.38 Å². The Balaban J connectivity index is 2.53. The Morgan fingerprint density at radius 2 is 1.70 bits per heavy atom. The Bertz CT molecular complexity index is 626. The van der Waals surface area contributed by atoms with Crippen molar-refractivity contribution in [1.29, 1.82) is 0 Å². The van der Waals surface area contributed by atoms with E-state index in [-0.39, 0.29) is 11.3 Å². The molecule has 0 N–H and O–H groups in total. The van der Waals surface area contributed by atoms with Crippen LogP contribution in [0.15, 0.2) is 39.3 Å². The van der Waals surface area contributed by atoms with Crippen molar-refractivity contribution in [3.8, 4) is 5.75 Å². The van der Waals surface area contributed by atoms with Crippen molar-refractivity contribution >= 4 is 43.5 Å². The van der Waals surface area contributed by atoms with Gasteiger partial charge in [-0.05, 0) is 23.8 Å². The van der Waals surface area contributed by atoms with Gasteiger partial charge in [0, 0.05) is 26.6 Å². The molecule has 0 heterocycles. The predicted molar refractivity (Wildman–Crippen MR) is 82.4 cm³/mol. The van der Waals surface area contributed by atoms with Gasteiger partial charge >= 0.3 is 0 Å². The second kappa shape index (κ2) is 6.41. The maximum absolute atomic E-state index is 14.0. The van der Waals surface area contributed by atoms with Crippen LogP contribution in [0.5, 0.6) is 5.75 Å². The molecule has 6 heteroatoms. The van der Waals surface area contributed by atoms with Crippen LogP contribution in [-0.2, 0) is 0 Å². The SMILES string of the molecule is COc1cc(F)c(C(Cl)c2cc(Br)ccc2Br)c(F)c1. The Labute approximate surface area is 137 Å². The molecule has 1 nitrogen and oxygen atoms in total. The molecule has 20 heavy (non-hydrogen) atoms. The first-order valence-corrected chi connectivity index (χ1v) is 7.58. The Kier molecular flexibility index (Phi) is 5.04. The quantitative estimate of drug-likeness (QED) is 0.562. The third-order valence-corrected chi connectivity index (χ3v) is 4.44. The lowest BCUT2D eigenvalue weighted by Crippen LogP contribution is -2.03. The lowest BCUT2D eigenvalue weighted by atomic mass is 10.0. The minimum atomic E-state index is -0.951. The minimum absolute atomic E-state index is 0.112. The predicted octanol–water partition coefficient (Wildman–Crippen LogP) is 5.83. The number of halogens is 5. The largest absolute Gasteiger partial charge is 0.497 e. The van der Waals surface area contributed by atoms with Crippen molar-refractivity contribution in [3.05, 3.63) is 62.0 Å². The molecule has 0 saturated heterocycles. The molecular weight excluding hydrogens is 417 g/mol. The molecule has 0 aromatic heterocycles. The molecule has 0 bridgehead atoms. The van der Waals surface area contributed by atoms with Gasteiger partial charge < -0.3 is 4.74 Å². The Morgan fingerprint density at radius 1 is 1.10 bits per heavy atom. The summed E-state index contributed by atoms with van der Waals surface area (Å²) < 4.78 is 34.3. The molecule has 2 aromatic rings. The highest BCUT2D eigenvalue weighted by Crippen LogP contribution is 2.38. The van der Waals surface area contributed by atoms with E-state index in [0.29, 0.717) is 10.0 Å². The van der Waals surface area contributed by atoms with Crippen LogP contribution in [0.3, 0.4) is 0 Å². The average Bonchev–Trinajstić information content (AvgIpc) is 2.40. The Morgan fingerprint density at radius 3 is 2.25 bits per heavy atom. The lowest BCUT2D eigenvalue weighted by molar-refractivity contribution is 0.405. The van der Waals surface area contributed by atoms with Gasteiger partial charge in [0.25, 0.3) is 0 Å². The summed E-state index contributed by atoms with van der Waals surface area (Å²) in [4.78, 5) is 0. The van der Waals surface area contributed by atoms with Gasteiger partial charge in [-0.1, -0.05) is 31.9 Å². The maximum atomic E-state index is 14.0. The van der Waals surface area contributed by atoms with Gasteiger partial charge in [0.05, 0.1) is 12.5 Å². The summed E-state index contributed by atoms with van der Waals surface area (Å²) in [6, 6.07) is 7.50. The molecule has 0 aliphatic heterocycles. The van der Waals surface area contributed by atoms with E-state index < -0.39 is 17.0 Å². The Hall–Kier alpha value is -0.650. The number of hydrogen-bond donors (Lipinski definition) is 0. The van der Waals surface area contributed by atoms with Crippen LogP contribution in [0.4, 0.5) is 8.78 Å². The van der Waals surface area contributed by atoms with Crippen molar-refractivity contribution in [2.24, 2.45) is 0 Å². The number of benzene rings is 2. The minimum Gasteiger partial charge on any atom is -0.497 e. The number of ether oxygens (including phenoxy) is 1. The monoisotopic (exact) mass is 424 g/mol. The summed E-state index contributed by atoms with van der Waals surface area (Å²) in [5.74, 6) is -1.37. The molecule has 2 aromatic carbocycles. The standard InChI is InChI=1S/C14H9Br2ClF2O/c1-20-8-5-11(18)13(12(19)6-8)14(17)9-4-7(15)2-3-10(9)16/h2-6,14H,1H3. The fourth-order valence-corrected chi connectivity index (χ4v) is 3.16. The topological polar surface area (TPSA) is 9.23 Å². The average molecular weight is 426 g/mol. The van der Waals surface area contributed by atoms with Crippen molar-refractivity contribution < 1.29 is 13.5 Å². The van der Waals surface area contributed by atoms with Crippen LogP contribution in [0, 0.1) is 11.6 Å². The summed E-state index contributed by atoms with van der Waals surface area (Å²) in [5, 5.41) is -0.951. The molecule has 2 rings (SSSR count). The molecule has 0 aliphatic rings. The van der Waals surface area contributed by atoms with E-state index in [1.54, 1.807) is 18.2 Å². The van der Waals surface area contributed by atoms with Crippen molar-refractivity contribution in [3.63, 3.8) is 0 Å². The maximum Gasteiger partial charge on any atom is 0.134 e. The van der Waals surface area contributed by atoms with E-state index in [4.69, 9.17) is 16.3 Å². The van der Waals surface area contributed by atoms with Gasteiger partial charge in [-0.2, -0.15) is 0 Å². The summed E-state index contributed by atoms with van der Waals surface area (Å²) >= 11 is 12.9. The zero-order valence-electron chi connectivity index (χ0n) is 10.3. The summed E-state index contributed by atoms with van der Waals surface area (Å²) in [6.45, 7) is 0. The molecule has 0 spiro atoms. The number of hydrogen-bond acceptors (Lipinski definition) is 1. The molecule has 0 amide bonds. The fourth-order valence-electron chi connectivity index (χ4n) is 1.79. The van der Waals surface area contributed by atoms with Crippen LogP contribution in [-0.4, -0.2) is 7.11 Å². The molecule has 0 saturated carbocycles. The normalized spacial score (nSPS) is 12.3. The highest BCUT2D eigenvalue weighted by molar-refractivity contribution is 9.11. The molecule has 0 fully saturated rings. The first kappa shape index (κ1) is 15.7. The lowest BCUT2D eigenvalue weighted by Gasteiger charge is -2.15. The number of methoxy groups -OCH3 is 1. The highest BCUT2D eigenvalue weighted by Gasteiger charge is 2.23. The molecule has 0 radical (unpaired) electrons. The summed E-state index contributed by atoms with van der Waals surface area (Å²) in [6.07, 6.45) is 0. The zero-order chi connectivity index (χ0) is 14.9. The second-order valence-corrected chi connectivity index (χ2v) is 6.24. The van der Waals surface area contributed by atoms with Gasteiger partial charge in [-0.25, -0.2) is 8.78 Å². The van der Waals surface area contributed by atoms with Gasteiger partial charge in [0.2, 0.25) is 0 Å². The van der Waals surface area contributed by atoms with Gasteiger partial charge in [0.1, 0.15) is 17.4 Å². The first-order chi connectivity index (χ1) is 9.43. The molecule has 1 unspecified atom stereocenters. The zero-order valence-corrected chi connectivity index (χ0v) is 14.2. The van der Waals surface area contributed by atoms with Crippen molar-refractivity contribution in [2.75, 3.05) is 7.11 Å². The van der Waals surface area contributed by atoms with E-state index in [2.05, 4.69) is 31.9 Å².